The molecule has 6 nitrogen and oxygen atoms in total. The van der Waals surface area contributed by atoms with Crippen LogP contribution in [0.15, 0.2) is 23.4 Å². The van der Waals surface area contributed by atoms with Crippen molar-refractivity contribution in [2.24, 2.45) is 0 Å². The van der Waals surface area contributed by atoms with E-state index in [0.29, 0.717) is 5.70 Å². The molecule has 0 amide bonds. The van der Waals surface area contributed by atoms with Gasteiger partial charge in [0.2, 0.25) is 0 Å². The molecule has 0 aromatic rings. The number of sulfone groups is 1. The molecular weight excluding hydrogens is 318 g/mol. The van der Waals surface area contributed by atoms with Crippen LogP contribution in [-0.2, 0) is 19.4 Å². The van der Waals surface area contributed by atoms with Gasteiger partial charge in [-0.15, -0.1) is 0 Å². The highest BCUT2D eigenvalue weighted by Crippen LogP contribution is 2.38. The van der Waals surface area contributed by atoms with Gasteiger partial charge in [0, 0.05) is 19.2 Å². The number of ether oxygens (including phenoxy) is 1. The highest BCUT2D eigenvalue weighted by Gasteiger charge is 2.49. The van der Waals surface area contributed by atoms with Gasteiger partial charge in [-0.2, -0.15) is 0 Å². The summed E-state index contributed by atoms with van der Waals surface area (Å²) in [6.45, 7) is 5.09. The van der Waals surface area contributed by atoms with Gasteiger partial charge in [-0.1, -0.05) is 11.6 Å². The van der Waals surface area contributed by atoms with Gasteiger partial charge in [0.1, 0.15) is 6.10 Å². The van der Waals surface area contributed by atoms with Gasteiger partial charge in [0.05, 0.1) is 16.7 Å². The van der Waals surface area contributed by atoms with E-state index in [1.54, 1.807) is 19.9 Å². The average Bonchev–Trinajstić information content (AvgIpc) is 3.14. The van der Waals surface area contributed by atoms with E-state index in [9.17, 15) is 18.3 Å². The summed E-state index contributed by atoms with van der Waals surface area (Å²) in [5, 5.41) is 10.0. The lowest BCUT2D eigenvalue weighted by molar-refractivity contribution is -0.155. The Morgan fingerprint density at radius 2 is 2.09 bits per heavy atom. The van der Waals surface area contributed by atoms with E-state index in [4.69, 9.17) is 4.74 Å². The lowest BCUT2D eigenvalue weighted by Gasteiger charge is -2.37. The maximum atomic E-state index is 12.1. The zero-order valence-corrected chi connectivity index (χ0v) is 14.3. The van der Waals surface area contributed by atoms with Gasteiger partial charge >= 0.3 is 5.97 Å². The summed E-state index contributed by atoms with van der Waals surface area (Å²) in [4.78, 5) is 13.8. The van der Waals surface area contributed by atoms with Crippen LogP contribution in [0.4, 0.5) is 0 Å². The van der Waals surface area contributed by atoms with E-state index in [1.807, 2.05) is 0 Å². The summed E-state index contributed by atoms with van der Waals surface area (Å²) in [6, 6.07) is 0. The van der Waals surface area contributed by atoms with Crippen LogP contribution >= 0.6 is 0 Å². The van der Waals surface area contributed by atoms with Crippen LogP contribution < -0.4 is 0 Å². The Bertz CT molecular complexity index is 675. The van der Waals surface area contributed by atoms with Crippen molar-refractivity contribution < 1.29 is 23.1 Å². The highest BCUT2D eigenvalue weighted by atomic mass is 32.2. The number of carbonyl (C=O) groups is 1. The van der Waals surface area contributed by atoms with E-state index < -0.39 is 32.8 Å². The number of carbonyl (C=O) groups excluding carboxylic acids is 1. The fourth-order valence-corrected chi connectivity index (χ4v) is 5.55. The minimum atomic E-state index is -3.26. The number of likely N-dealkylation sites (tertiary alicyclic amines) is 1. The predicted molar refractivity (Wildman–Crippen MR) is 85.3 cm³/mol. The zero-order valence-electron chi connectivity index (χ0n) is 13.5. The smallest absolute Gasteiger partial charge is 0.333 e. The number of hydrogen-bond acceptors (Lipinski definition) is 6. The Kier molecular flexibility index (Phi) is 4.04. The molecule has 1 N–H and O–H groups in total. The summed E-state index contributed by atoms with van der Waals surface area (Å²) >= 11 is 0. The number of rotatable bonds is 4. The van der Waals surface area contributed by atoms with E-state index >= 15 is 0 Å². The minimum absolute atomic E-state index is 0.0154. The Labute approximate surface area is 136 Å². The Balaban J connectivity index is 1.82. The molecule has 3 heterocycles. The molecule has 0 aromatic carbocycles. The predicted octanol–water partition coefficient (Wildman–Crippen LogP) is 0.776. The Morgan fingerprint density at radius 3 is 2.65 bits per heavy atom. The number of hydrogen-bond donors (Lipinski definition) is 1. The second kappa shape index (κ2) is 5.63. The largest absolute Gasteiger partial charge is 0.447 e. The monoisotopic (exact) mass is 341 g/mol. The van der Waals surface area contributed by atoms with Crippen molar-refractivity contribution in [3.63, 3.8) is 0 Å². The average molecular weight is 341 g/mol. The molecule has 3 aliphatic heterocycles. The second-order valence-corrected chi connectivity index (χ2v) is 9.00. The van der Waals surface area contributed by atoms with Crippen LogP contribution in [0.5, 0.6) is 0 Å². The lowest BCUT2D eigenvalue weighted by atomic mass is 9.90. The molecule has 0 aliphatic carbocycles. The molecule has 23 heavy (non-hydrogen) atoms. The SMILES string of the molecule is CC1=CCS(=O)(=O)C1CC(O)C1(C)OC(=O)C=C1N1CCCC1. The number of cyclic esters (lactones) is 1. The normalized spacial score (nSPS) is 34.3. The standard InChI is InChI=1S/C16H23NO5S/c1-11-5-8-23(20,21)12(11)9-14(18)16(2)13(10-15(19)22-16)17-6-3-4-7-17/h5,10,12,14,18H,3-4,6-9H2,1-2H3. The number of aliphatic hydroxyl groups is 1. The van der Waals surface area contributed by atoms with Gasteiger partial charge in [-0.25, -0.2) is 13.2 Å². The molecule has 1 fully saturated rings. The summed E-state index contributed by atoms with van der Waals surface area (Å²) in [7, 11) is -3.26. The zero-order chi connectivity index (χ0) is 16.8. The van der Waals surface area contributed by atoms with Crippen LogP contribution in [0.25, 0.3) is 0 Å². The fraction of sp³-hybridized carbons (Fsp3) is 0.688. The van der Waals surface area contributed by atoms with Crippen molar-refractivity contribution in [1.82, 2.24) is 4.90 Å². The highest BCUT2D eigenvalue weighted by molar-refractivity contribution is 7.92. The third-order valence-corrected chi connectivity index (χ3v) is 7.24. The molecule has 3 atom stereocenters. The maximum absolute atomic E-state index is 12.1. The van der Waals surface area contributed by atoms with Gasteiger partial charge in [0.25, 0.3) is 0 Å². The second-order valence-electron chi connectivity index (χ2n) is 6.77. The van der Waals surface area contributed by atoms with Gasteiger partial charge in [0.15, 0.2) is 15.4 Å². The number of aliphatic hydroxyl groups excluding tert-OH is 1. The van der Waals surface area contributed by atoms with E-state index in [-0.39, 0.29) is 12.2 Å². The van der Waals surface area contributed by atoms with Gasteiger partial charge in [-0.05, 0) is 33.1 Å². The lowest BCUT2D eigenvalue weighted by Crippen LogP contribution is -2.48. The van der Waals surface area contributed by atoms with E-state index in [2.05, 4.69) is 4.90 Å². The molecule has 1 saturated heterocycles. The summed E-state index contributed by atoms with van der Waals surface area (Å²) in [5.74, 6) is -0.461. The number of esters is 1. The first kappa shape index (κ1) is 16.5. The van der Waals surface area contributed by atoms with Crippen molar-refractivity contribution in [2.45, 2.75) is 50.1 Å². The quantitative estimate of drug-likeness (QED) is 0.601. The molecular formula is C16H23NO5S. The maximum Gasteiger partial charge on any atom is 0.333 e. The molecule has 3 rings (SSSR count). The molecule has 0 spiro atoms. The molecule has 3 unspecified atom stereocenters. The number of nitrogens with zero attached hydrogens (tertiary/aromatic N) is 1. The van der Waals surface area contributed by atoms with Gasteiger partial charge in [-0.3, -0.25) is 0 Å². The molecule has 0 aromatic heterocycles. The molecule has 3 aliphatic rings. The van der Waals surface area contributed by atoms with E-state index in [0.717, 1.165) is 31.5 Å². The fourth-order valence-electron chi connectivity index (χ4n) is 3.69. The molecule has 128 valence electrons. The van der Waals surface area contributed by atoms with Crippen LogP contribution in [0.3, 0.4) is 0 Å². The van der Waals surface area contributed by atoms with Crippen molar-refractivity contribution in [3.05, 3.63) is 23.4 Å². The first-order valence-corrected chi connectivity index (χ1v) is 9.72. The summed E-state index contributed by atoms with van der Waals surface area (Å²) in [5.41, 5.74) is 0.244. The van der Waals surface area contributed by atoms with Crippen LogP contribution in [0, 0.1) is 0 Å². The van der Waals surface area contributed by atoms with Crippen molar-refractivity contribution >= 4 is 15.8 Å². The molecule has 0 bridgehead atoms. The van der Waals surface area contributed by atoms with Crippen LogP contribution in [0.2, 0.25) is 0 Å². The third kappa shape index (κ3) is 2.80. The Hall–Kier alpha value is -1.34. The Morgan fingerprint density at radius 1 is 1.43 bits per heavy atom. The summed E-state index contributed by atoms with van der Waals surface area (Å²) in [6.07, 6.45) is 4.17. The minimum Gasteiger partial charge on any atom is -0.447 e. The third-order valence-electron chi connectivity index (χ3n) is 5.17. The topological polar surface area (TPSA) is 83.9 Å². The van der Waals surface area contributed by atoms with Crippen molar-refractivity contribution in [3.8, 4) is 0 Å². The first-order valence-electron chi connectivity index (χ1n) is 8.00. The molecule has 7 heteroatoms. The van der Waals surface area contributed by atoms with Crippen molar-refractivity contribution in [1.29, 1.82) is 0 Å². The van der Waals surface area contributed by atoms with Crippen LogP contribution in [-0.4, -0.2) is 60.2 Å². The van der Waals surface area contributed by atoms with E-state index in [1.165, 1.54) is 6.08 Å². The summed E-state index contributed by atoms with van der Waals surface area (Å²) < 4.78 is 29.7. The first-order chi connectivity index (χ1) is 10.7. The van der Waals surface area contributed by atoms with Gasteiger partial charge < -0.3 is 14.7 Å². The van der Waals surface area contributed by atoms with Crippen molar-refractivity contribution in [2.75, 3.05) is 18.8 Å². The van der Waals surface area contributed by atoms with Crippen LogP contribution in [0.1, 0.15) is 33.1 Å². The molecule has 0 radical (unpaired) electrons. The molecule has 0 saturated carbocycles.